The van der Waals surface area contributed by atoms with Crippen LogP contribution in [0.2, 0.25) is 10.0 Å². The highest BCUT2D eigenvalue weighted by molar-refractivity contribution is 6.42. The number of pyridine rings is 1. The third kappa shape index (κ3) is 4.94. The molecule has 170 valence electrons. The fourth-order valence-corrected chi connectivity index (χ4v) is 4.82. The van der Waals surface area contributed by atoms with Gasteiger partial charge in [0, 0.05) is 18.0 Å². The molecule has 0 radical (unpaired) electrons. The minimum absolute atomic E-state index is 0.00981. The number of halogens is 5. The van der Waals surface area contributed by atoms with Gasteiger partial charge in [-0.15, -0.1) is 13.2 Å². The van der Waals surface area contributed by atoms with E-state index < -0.39 is 23.6 Å². The Labute approximate surface area is 191 Å². The van der Waals surface area contributed by atoms with Crippen LogP contribution in [0.25, 0.3) is 0 Å². The number of nitrogens with zero attached hydrogens (tertiary/aromatic N) is 1. The Bertz CT molecular complexity index is 1040. The first-order chi connectivity index (χ1) is 15.0. The van der Waals surface area contributed by atoms with Crippen molar-refractivity contribution in [3.05, 3.63) is 52.3 Å². The molecule has 11 heteroatoms. The quantitative estimate of drug-likeness (QED) is 0.566. The summed E-state index contributed by atoms with van der Waals surface area (Å²) in [7, 11) is 0. The van der Waals surface area contributed by atoms with Crippen molar-refractivity contribution in [2.24, 2.45) is 5.41 Å². The molecule has 1 aromatic heterocycles. The molecule has 32 heavy (non-hydrogen) atoms. The molecule has 1 heterocycles. The molecule has 0 aliphatic heterocycles. The number of carbonyl (C=O) groups is 2. The molecule has 3 aliphatic carbocycles. The zero-order valence-electron chi connectivity index (χ0n) is 16.5. The second-order valence-corrected chi connectivity index (χ2v) is 9.09. The summed E-state index contributed by atoms with van der Waals surface area (Å²) in [5.74, 6) is -0.586. The largest absolute Gasteiger partial charge is 0.573 e. The number of hydrogen-bond donors (Lipinski definition) is 1. The second-order valence-electron chi connectivity index (χ2n) is 8.27. The van der Waals surface area contributed by atoms with Gasteiger partial charge >= 0.3 is 6.36 Å². The SMILES string of the molecule is O=C(COc1ccc(Cl)c(Cl)c1)CC12CC(NC(=O)c3ccc(OC(F)(F)F)cn3)(C1)C2. The van der Waals surface area contributed by atoms with Crippen molar-refractivity contribution < 1.29 is 32.2 Å². The van der Waals surface area contributed by atoms with Crippen LogP contribution in [0.5, 0.6) is 11.5 Å². The number of rotatable bonds is 8. The minimum atomic E-state index is -4.82. The Morgan fingerprint density at radius 3 is 2.34 bits per heavy atom. The van der Waals surface area contributed by atoms with Crippen LogP contribution in [0.15, 0.2) is 36.5 Å². The number of carbonyl (C=O) groups excluding carboxylic acids is 2. The third-order valence-corrected chi connectivity index (χ3v) is 6.32. The average Bonchev–Trinajstić information content (AvgIpc) is 2.65. The van der Waals surface area contributed by atoms with E-state index in [1.165, 1.54) is 6.07 Å². The van der Waals surface area contributed by atoms with Gasteiger partial charge in [0.15, 0.2) is 5.78 Å². The molecule has 5 rings (SSSR count). The van der Waals surface area contributed by atoms with Crippen LogP contribution in [0.1, 0.15) is 36.2 Å². The van der Waals surface area contributed by atoms with Crippen molar-refractivity contribution >= 4 is 34.9 Å². The molecular weight excluding hydrogens is 472 g/mol. The number of ether oxygens (including phenoxy) is 2. The Morgan fingerprint density at radius 1 is 1.06 bits per heavy atom. The zero-order chi connectivity index (χ0) is 23.1. The van der Waals surface area contributed by atoms with Crippen LogP contribution in [-0.2, 0) is 4.79 Å². The van der Waals surface area contributed by atoms with Gasteiger partial charge in [-0.1, -0.05) is 23.2 Å². The van der Waals surface area contributed by atoms with E-state index in [9.17, 15) is 22.8 Å². The summed E-state index contributed by atoms with van der Waals surface area (Å²) in [5, 5.41) is 3.61. The van der Waals surface area contributed by atoms with Crippen molar-refractivity contribution in [1.82, 2.24) is 10.3 Å². The van der Waals surface area contributed by atoms with E-state index in [2.05, 4.69) is 15.0 Å². The molecule has 1 aromatic carbocycles. The van der Waals surface area contributed by atoms with Gasteiger partial charge in [-0.2, -0.15) is 0 Å². The van der Waals surface area contributed by atoms with Crippen molar-refractivity contribution in [2.45, 2.75) is 37.6 Å². The lowest BCUT2D eigenvalue weighted by molar-refractivity contribution is -0.274. The van der Waals surface area contributed by atoms with Crippen molar-refractivity contribution in [2.75, 3.05) is 6.61 Å². The zero-order valence-corrected chi connectivity index (χ0v) is 18.0. The lowest BCUT2D eigenvalue weighted by Gasteiger charge is -2.70. The van der Waals surface area contributed by atoms with Crippen molar-refractivity contribution in [1.29, 1.82) is 0 Å². The molecule has 0 atom stereocenters. The first-order valence-electron chi connectivity index (χ1n) is 9.61. The first-order valence-corrected chi connectivity index (χ1v) is 10.4. The predicted molar refractivity (Wildman–Crippen MR) is 109 cm³/mol. The number of hydrogen-bond acceptors (Lipinski definition) is 5. The highest BCUT2D eigenvalue weighted by Crippen LogP contribution is 2.69. The topological polar surface area (TPSA) is 77.5 Å². The van der Waals surface area contributed by atoms with E-state index in [1.807, 2.05) is 0 Å². The summed E-state index contributed by atoms with van der Waals surface area (Å²) in [6.45, 7) is -0.0880. The highest BCUT2D eigenvalue weighted by atomic mass is 35.5. The van der Waals surface area contributed by atoms with Gasteiger partial charge in [-0.3, -0.25) is 9.59 Å². The maximum atomic E-state index is 12.4. The average molecular weight is 489 g/mol. The summed E-state index contributed by atoms with van der Waals surface area (Å²) in [5.41, 5.74) is -0.557. The molecule has 3 aliphatic rings. The third-order valence-electron chi connectivity index (χ3n) is 5.58. The molecule has 3 saturated carbocycles. The van der Waals surface area contributed by atoms with Gasteiger partial charge < -0.3 is 14.8 Å². The van der Waals surface area contributed by atoms with Gasteiger partial charge in [0.25, 0.3) is 5.91 Å². The minimum Gasteiger partial charge on any atom is -0.486 e. The molecule has 0 unspecified atom stereocenters. The van der Waals surface area contributed by atoms with Crippen LogP contribution in [-0.4, -0.2) is 35.2 Å². The Morgan fingerprint density at radius 2 is 1.75 bits per heavy atom. The number of alkyl halides is 3. The fraction of sp³-hybridized carbons (Fsp3) is 0.381. The van der Waals surface area contributed by atoms with Gasteiger partial charge in [0.2, 0.25) is 0 Å². The van der Waals surface area contributed by atoms with Crippen LogP contribution >= 0.6 is 23.2 Å². The molecule has 2 bridgehead atoms. The maximum absolute atomic E-state index is 12.4. The van der Waals surface area contributed by atoms with E-state index in [4.69, 9.17) is 27.9 Å². The Hall–Kier alpha value is -2.52. The molecule has 6 nitrogen and oxygen atoms in total. The van der Waals surface area contributed by atoms with E-state index >= 15 is 0 Å². The predicted octanol–water partition coefficient (Wildman–Crippen LogP) is 4.98. The van der Waals surface area contributed by atoms with E-state index in [0.29, 0.717) is 41.5 Å². The monoisotopic (exact) mass is 488 g/mol. The van der Waals surface area contributed by atoms with E-state index in [1.54, 1.807) is 18.2 Å². The molecule has 0 spiro atoms. The van der Waals surface area contributed by atoms with E-state index in [-0.39, 0.29) is 23.5 Å². The smallest absolute Gasteiger partial charge is 0.486 e. The summed E-state index contributed by atoms with van der Waals surface area (Å²) >= 11 is 11.8. The van der Waals surface area contributed by atoms with Crippen molar-refractivity contribution in [3.63, 3.8) is 0 Å². The number of ketones is 1. The normalized spacial score (nSPS) is 23.5. The molecule has 3 fully saturated rings. The Kier molecular flexibility index (Phi) is 5.75. The van der Waals surface area contributed by atoms with Crippen LogP contribution in [0.4, 0.5) is 13.2 Å². The van der Waals surface area contributed by atoms with Crippen LogP contribution in [0, 0.1) is 5.41 Å². The van der Waals surface area contributed by atoms with Crippen LogP contribution in [0.3, 0.4) is 0 Å². The van der Waals surface area contributed by atoms with Gasteiger partial charge in [-0.25, -0.2) is 4.98 Å². The summed E-state index contributed by atoms with van der Waals surface area (Å²) in [6.07, 6.45) is -1.68. The van der Waals surface area contributed by atoms with Crippen molar-refractivity contribution in [3.8, 4) is 11.5 Å². The maximum Gasteiger partial charge on any atom is 0.573 e. The summed E-state index contributed by atoms with van der Waals surface area (Å²) < 4.78 is 45.8. The highest BCUT2D eigenvalue weighted by Gasteiger charge is 2.68. The number of Topliss-reactive ketones (excluding diaryl/α,β-unsaturated/α-hetero) is 1. The number of aromatic nitrogens is 1. The van der Waals surface area contributed by atoms with Gasteiger partial charge in [-0.05, 0) is 48.9 Å². The molecule has 2 aromatic rings. The molecular formula is C21H17Cl2F3N2O4. The second kappa shape index (κ2) is 8.12. The summed E-state index contributed by atoms with van der Waals surface area (Å²) in [6, 6.07) is 6.96. The number of nitrogens with one attached hydrogen (secondary N) is 1. The molecule has 0 saturated heterocycles. The standard InChI is InChI=1S/C21H17Cl2F3N2O4/c22-15-3-1-13(5-16(15)23)31-8-12(29)6-19-9-20(10-19,11-19)28-18(30)17-4-2-14(7-27-17)32-21(24,25)26/h1-5,7H,6,8-11H2,(H,28,30). The summed E-state index contributed by atoms with van der Waals surface area (Å²) in [4.78, 5) is 28.4. The number of amides is 1. The first kappa shape index (κ1) is 22.7. The lowest BCUT2D eigenvalue weighted by atomic mass is 9.38. The fourth-order valence-electron chi connectivity index (χ4n) is 4.53. The lowest BCUT2D eigenvalue weighted by Crippen LogP contribution is -2.75. The van der Waals surface area contributed by atoms with Gasteiger partial charge in [0.05, 0.1) is 16.2 Å². The number of benzene rings is 1. The van der Waals surface area contributed by atoms with Crippen LogP contribution < -0.4 is 14.8 Å². The van der Waals surface area contributed by atoms with Gasteiger partial charge in [0.1, 0.15) is 23.8 Å². The Balaban J connectivity index is 1.22. The molecule has 1 N–H and O–H groups in total. The molecule has 1 amide bonds. The van der Waals surface area contributed by atoms with E-state index in [0.717, 1.165) is 12.3 Å².